The largest absolute Gasteiger partial charge is 0.489 e. The number of anilines is 1. The molecule has 4 aromatic rings. The molecular weight excluding hydrogens is 417 g/mol. The predicted molar refractivity (Wildman–Crippen MR) is 118 cm³/mol. The number of aromatic nitrogens is 2. The molecule has 1 unspecified atom stereocenters. The number of nitrogens with zero attached hydrogens (tertiary/aromatic N) is 3. The maximum atomic E-state index is 14.3. The number of aliphatic imine (C=N–C) groups is 1. The summed E-state index contributed by atoms with van der Waals surface area (Å²) in [6.07, 6.45) is 0.410. The Morgan fingerprint density at radius 1 is 1.10 bits per heavy atom. The summed E-state index contributed by atoms with van der Waals surface area (Å²) in [6, 6.07) is 14.4. The monoisotopic (exact) mass is 435 g/mol. The van der Waals surface area contributed by atoms with Gasteiger partial charge in [0, 0.05) is 29.0 Å². The lowest BCUT2D eigenvalue weighted by atomic mass is 10.2. The van der Waals surface area contributed by atoms with E-state index in [9.17, 15) is 4.39 Å². The maximum absolute atomic E-state index is 14.3. The van der Waals surface area contributed by atoms with Crippen molar-refractivity contribution in [2.45, 2.75) is 12.6 Å². The molecule has 1 atom stereocenters. The Kier molecular flexibility index (Phi) is 4.10. The number of rotatable bonds is 2. The predicted octanol–water partition coefficient (Wildman–Crippen LogP) is 4.35. The molecule has 2 aromatic carbocycles. The molecule has 0 spiro atoms. The van der Waals surface area contributed by atoms with Crippen LogP contribution in [0, 0.1) is 5.82 Å². The van der Waals surface area contributed by atoms with Crippen molar-refractivity contribution in [2.24, 2.45) is 10.7 Å². The first-order valence-corrected chi connectivity index (χ1v) is 10.8. The first-order chi connectivity index (χ1) is 15.2. The van der Waals surface area contributed by atoms with Crippen molar-refractivity contribution in [3.63, 3.8) is 0 Å². The van der Waals surface area contributed by atoms with Crippen LogP contribution in [0.4, 0.5) is 10.3 Å². The molecule has 2 aliphatic heterocycles. The van der Waals surface area contributed by atoms with Crippen LogP contribution < -0.4 is 20.5 Å². The number of hydrogen-bond donors (Lipinski definition) is 2. The van der Waals surface area contributed by atoms with E-state index in [1.807, 2.05) is 34.9 Å². The quantitative estimate of drug-likeness (QED) is 0.489. The van der Waals surface area contributed by atoms with Crippen LogP contribution in [0.2, 0.25) is 0 Å². The van der Waals surface area contributed by atoms with Crippen molar-refractivity contribution in [2.75, 3.05) is 18.5 Å². The van der Waals surface area contributed by atoms with Gasteiger partial charge in [-0.15, -0.1) is 11.3 Å². The maximum Gasteiger partial charge on any atom is 0.212 e. The Morgan fingerprint density at radius 3 is 2.74 bits per heavy atom. The van der Waals surface area contributed by atoms with Crippen molar-refractivity contribution in [3.8, 4) is 21.9 Å². The van der Waals surface area contributed by atoms with E-state index in [0.29, 0.717) is 36.2 Å². The van der Waals surface area contributed by atoms with E-state index in [-0.39, 0.29) is 11.8 Å². The molecule has 0 bridgehead atoms. The molecule has 0 amide bonds. The number of benzene rings is 2. The van der Waals surface area contributed by atoms with Gasteiger partial charge in [0.15, 0.2) is 23.6 Å². The van der Waals surface area contributed by atoms with Gasteiger partial charge >= 0.3 is 0 Å². The van der Waals surface area contributed by atoms with E-state index in [1.54, 1.807) is 12.1 Å². The van der Waals surface area contributed by atoms with Gasteiger partial charge in [0.25, 0.3) is 0 Å². The summed E-state index contributed by atoms with van der Waals surface area (Å²) in [5.41, 5.74) is 8.24. The molecule has 9 heteroatoms. The first kappa shape index (κ1) is 18.2. The topological polar surface area (TPSA) is 86.7 Å². The van der Waals surface area contributed by atoms with Crippen molar-refractivity contribution in [1.29, 1.82) is 0 Å². The van der Waals surface area contributed by atoms with E-state index in [4.69, 9.17) is 20.2 Å². The fourth-order valence-electron chi connectivity index (χ4n) is 3.91. The number of thiophene rings is 1. The SMILES string of the molecule is NC1=NC(c2ccc(-c3ccccc3F)s2)n2c(nc3cc4c(cc32)OCCCO4)N1. The van der Waals surface area contributed by atoms with E-state index in [2.05, 4.69) is 10.3 Å². The zero-order valence-corrected chi connectivity index (χ0v) is 17.2. The third kappa shape index (κ3) is 3.00. The average Bonchev–Trinajstić information content (AvgIpc) is 3.30. The minimum Gasteiger partial charge on any atom is -0.489 e. The normalized spacial score (nSPS) is 17.6. The van der Waals surface area contributed by atoms with Gasteiger partial charge in [0.1, 0.15) is 5.82 Å². The Balaban J connectivity index is 1.48. The molecule has 0 saturated heterocycles. The number of nitrogens with one attached hydrogen (secondary N) is 1. The fourth-order valence-corrected chi connectivity index (χ4v) is 4.98. The molecule has 2 aromatic heterocycles. The molecule has 0 fully saturated rings. The molecular formula is C22H18FN5O2S. The molecule has 0 radical (unpaired) electrons. The standard InChI is InChI=1S/C22H18FN5O2S/c23-13-5-2-1-4-12(13)18-6-7-19(31-18)20-26-21(24)27-22-25-14-10-16-17(11-15(14)28(20)22)30-9-3-8-29-16/h1-2,4-7,10-11,20H,3,8-9H2,(H3,24,25,26,27). The Labute approximate surface area is 180 Å². The molecule has 0 aliphatic carbocycles. The minimum atomic E-state index is -0.420. The highest BCUT2D eigenvalue weighted by atomic mass is 32.1. The van der Waals surface area contributed by atoms with Crippen LogP contribution in [0.3, 0.4) is 0 Å². The van der Waals surface area contributed by atoms with Gasteiger partial charge in [-0.3, -0.25) is 9.88 Å². The van der Waals surface area contributed by atoms with Crippen LogP contribution in [-0.4, -0.2) is 28.7 Å². The van der Waals surface area contributed by atoms with E-state index < -0.39 is 6.17 Å². The van der Waals surface area contributed by atoms with Crippen molar-refractivity contribution in [3.05, 3.63) is 59.2 Å². The molecule has 3 N–H and O–H groups in total. The number of guanidine groups is 1. The van der Waals surface area contributed by atoms with E-state index in [1.165, 1.54) is 17.4 Å². The van der Waals surface area contributed by atoms with E-state index >= 15 is 0 Å². The second kappa shape index (κ2) is 6.98. The highest BCUT2D eigenvalue weighted by Gasteiger charge is 2.28. The van der Waals surface area contributed by atoms with Crippen molar-refractivity contribution in [1.82, 2.24) is 9.55 Å². The summed E-state index contributed by atoms with van der Waals surface area (Å²) < 4.78 is 27.9. The summed E-state index contributed by atoms with van der Waals surface area (Å²) in [7, 11) is 0. The average molecular weight is 435 g/mol. The fraction of sp³-hybridized carbons (Fsp3) is 0.182. The molecule has 2 aliphatic rings. The molecule has 7 nitrogen and oxygen atoms in total. The van der Waals surface area contributed by atoms with Gasteiger partial charge in [-0.2, -0.15) is 0 Å². The van der Waals surface area contributed by atoms with Gasteiger partial charge in [-0.1, -0.05) is 18.2 Å². The zero-order chi connectivity index (χ0) is 20.9. The van der Waals surface area contributed by atoms with Gasteiger partial charge in [-0.25, -0.2) is 14.4 Å². The summed E-state index contributed by atoms with van der Waals surface area (Å²) in [6.45, 7) is 1.21. The summed E-state index contributed by atoms with van der Waals surface area (Å²) in [5.74, 6) is 1.99. The van der Waals surface area contributed by atoms with Crippen LogP contribution in [-0.2, 0) is 0 Å². The number of nitrogens with two attached hydrogens (primary N) is 1. The second-order valence-corrected chi connectivity index (χ2v) is 8.45. The van der Waals surface area contributed by atoms with Crippen LogP contribution >= 0.6 is 11.3 Å². The number of ether oxygens (including phenoxy) is 2. The van der Waals surface area contributed by atoms with Crippen LogP contribution in [0.5, 0.6) is 11.5 Å². The third-order valence-electron chi connectivity index (χ3n) is 5.33. The smallest absolute Gasteiger partial charge is 0.212 e. The van der Waals surface area contributed by atoms with E-state index in [0.717, 1.165) is 27.2 Å². The summed E-state index contributed by atoms with van der Waals surface area (Å²) in [5, 5.41) is 3.04. The zero-order valence-electron chi connectivity index (χ0n) is 16.3. The Morgan fingerprint density at radius 2 is 1.90 bits per heavy atom. The van der Waals surface area contributed by atoms with Gasteiger partial charge in [-0.05, 0) is 18.2 Å². The molecule has 6 rings (SSSR count). The Hall–Kier alpha value is -3.59. The van der Waals surface area contributed by atoms with Crippen LogP contribution in [0.1, 0.15) is 17.5 Å². The summed E-state index contributed by atoms with van der Waals surface area (Å²) in [4.78, 5) is 11.1. The molecule has 0 saturated carbocycles. The first-order valence-electron chi connectivity index (χ1n) is 9.94. The molecule has 31 heavy (non-hydrogen) atoms. The lowest BCUT2D eigenvalue weighted by Gasteiger charge is -2.22. The number of halogens is 1. The van der Waals surface area contributed by atoms with Crippen LogP contribution in [0.15, 0.2) is 53.5 Å². The molecule has 4 heterocycles. The second-order valence-electron chi connectivity index (χ2n) is 7.34. The van der Waals surface area contributed by atoms with Crippen molar-refractivity contribution < 1.29 is 13.9 Å². The number of hydrogen-bond acceptors (Lipinski definition) is 7. The number of fused-ring (bicyclic) bond motifs is 4. The highest BCUT2D eigenvalue weighted by molar-refractivity contribution is 7.15. The molecule has 156 valence electrons. The summed E-state index contributed by atoms with van der Waals surface area (Å²) >= 11 is 1.48. The lowest BCUT2D eigenvalue weighted by molar-refractivity contribution is 0.297. The van der Waals surface area contributed by atoms with Gasteiger partial charge in [0.2, 0.25) is 5.95 Å². The van der Waals surface area contributed by atoms with Gasteiger partial charge in [0.05, 0.1) is 29.1 Å². The minimum absolute atomic E-state index is 0.252. The Bertz CT molecular complexity index is 1350. The third-order valence-corrected chi connectivity index (χ3v) is 6.48. The lowest BCUT2D eigenvalue weighted by Crippen LogP contribution is -2.31. The van der Waals surface area contributed by atoms with Gasteiger partial charge < -0.3 is 15.2 Å². The number of imidazole rings is 1. The van der Waals surface area contributed by atoms with Crippen molar-refractivity contribution >= 4 is 34.3 Å². The van der Waals surface area contributed by atoms with Crippen LogP contribution in [0.25, 0.3) is 21.5 Å². The highest BCUT2D eigenvalue weighted by Crippen LogP contribution is 2.41.